The number of nitrogens with one attached hydrogen (secondary N) is 1. The molecule has 0 saturated carbocycles. The van der Waals surface area contributed by atoms with Crippen LogP contribution in [0.2, 0.25) is 0 Å². The smallest absolute Gasteiger partial charge is 0.435 e. The molecule has 1 amide bonds. The lowest BCUT2D eigenvalue weighted by molar-refractivity contribution is -0.384. The number of esters is 1. The molecule has 3 rings (SSSR count). The number of carbonyl (C=O) groups is 2. The van der Waals surface area contributed by atoms with Gasteiger partial charge in [-0.25, -0.2) is 0 Å². The van der Waals surface area contributed by atoms with Crippen LogP contribution in [0.15, 0.2) is 60.8 Å². The number of benzene rings is 2. The number of ether oxygens (including phenoxy) is 1. The van der Waals surface area contributed by atoms with Gasteiger partial charge in [0.1, 0.15) is 12.2 Å². The highest BCUT2D eigenvalue weighted by Crippen LogP contribution is 2.29. The number of hydrogen-bond acceptors (Lipinski definition) is 6. The third kappa shape index (κ3) is 5.93. The van der Waals surface area contributed by atoms with Crippen molar-refractivity contribution in [2.75, 3.05) is 5.32 Å². The standard InChI is InChI=1S/C21H17F3N4O5/c1-13-7-8-15(16(11-13)28(31)32)25-20(30)19(14-5-3-2-4-6-14)33-18(29)12-27-10-9-17(26-27)21(22,23)24/h2-11,19H,12H2,1H3,(H,25,30). The second-order valence-corrected chi connectivity index (χ2v) is 6.94. The van der Waals surface area contributed by atoms with Crippen LogP contribution in [0.4, 0.5) is 24.5 Å². The van der Waals surface area contributed by atoms with Gasteiger partial charge in [-0.1, -0.05) is 36.4 Å². The molecule has 0 fully saturated rings. The highest BCUT2D eigenvalue weighted by atomic mass is 19.4. The van der Waals surface area contributed by atoms with Crippen LogP contribution >= 0.6 is 0 Å². The quantitative estimate of drug-likeness (QED) is 0.322. The zero-order chi connectivity index (χ0) is 24.2. The van der Waals surface area contributed by atoms with Crippen molar-refractivity contribution in [2.24, 2.45) is 0 Å². The van der Waals surface area contributed by atoms with Crippen molar-refractivity contribution < 1.29 is 32.4 Å². The van der Waals surface area contributed by atoms with Gasteiger partial charge in [0, 0.05) is 17.8 Å². The molecule has 0 saturated heterocycles. The number of nitrogens with zero attached hydrogens (tertiary/aromatic N) is 3. The molecule has 0 aliphatic carbocycles. The molecule has 172 valence electrons. The molecule has 1 atom stereocenters. The van der Waals surface area contributed by atoms with E-state index in [0.29, 0.717) is 11.6 Å². The van der Waals surface area contributed by atoms with Crippen molar-refractivity contribution in [3.05, 3.63) is 87.7 Å². The third-order valence-corrected chi connectivity index (χ3v) is 4.42. The summed E-state index contributed by atoms with van der Waals surface area (Å²) in [7, 11) is 0. The highest BCUT2D eigenvalue weighted by Gasteiger charge is 2.34. The van der Waals surface area contributed by atoms with Gasteiger partial charge < -0.3 is 10.1 Å². The zero-order valence-corrected chi connectivity index (χ0v) is 17.1. The van der Waals surface area contributed by atoms with Crippen LogP contribution in [0.3, 0.4) is 0 Å². The van der Waals surface area contributed by atoms with E-state index in [9.17, 15) is 32.9 Å². The third-order valence-electron chi connectivity index (χ3n) is 4.42. The molecular formula is C21H17F3N4O5. The van der Waals surface area contributed by atoms with Crippen molar-refractivity contribution >= 4 is 23.3 Å². The first kappa shape index (κ1) is 23.4. The number of rotatable bonds is 7. The number of aromatic nitrogens is 2. The van der Waals surface area contributed by atoms with Crippen molar-refractivity contribution in [1.82, 2.24) is 9.78 Å². The SMILES string of the molecule is Cc1ccc(NC(=O)C(OC(=O)Cn2ccc(C(F)(F)F)n2)c2ccccc2)c([N+](=O)[O-])c1. The Morgan fingerprint density at radius 3 is 2.48 bits per heavy atom. The number of halogens is 3. The molecule has 9 nitrogen and oxygen atoms in total. The van der Waals surface area contributed by atoms with E-state index < -0.39 is 41.3 Å². The minimum atomic E-state index is -4.68. The van der Waals surface area contributed by atoms with E-state index in [2.05, 4.69) is 10.4 Å². The fourth-order valence-corrected chi connectivity index (χ4v) is 2.90. The molecule has 0 aliphatic heterocycles. The molecule has 0 aliphatic rings. The first-order valence-corrected chi connectivity index (χ1v) is 9.45. The lowest BCUT2D eigenvalue weighted by Gasteiger charge is -2.18. The van der Waals surface area contributed by atoms with Gasteiger partial charge in [0.25, 0.3) is 11.6 Å². The number of anilines is 1. The van der Waals surface area contributed by atoms with Crippen LogP contribution in [0.25, 0.3) is 0 Å². The summed E-state index contributed by atoms with van der Waals surface area (Å²) in [6.45, 7) is 0.962. The molecule has 1 aromatic heterocycles. The summed E-state index contributed by atoms with van der Waals surface area (Å²) in [6.07, 6.45) is -5.24. The van der Waals surface area contributed by atoms with Gasteiger partial charge in [0.05, 0.1) is 4.92 Å². The summed E-state index contributed by atoms with van der Waals surface area (Å²) >= 11 is 0. The lowest BCUT2D eigenvalue weighted by Crippen LogP contribution is -2.27. The summed E-state index contributed by atoms with van der Waals surface area (Å²) in [4.78, 5) is 36.0. The Morgan fingerprint density at radius 2 is 1.88 bits per heavy atom. The topological polar surface area (TPSA) is 116 Å². The maximum Gasteiger partial charge on any atom is 0.435 e. The highest BCUT2D eigenvalue weighted by molar-refractivity contribution is 5.97. The number of nitro benzene ring substituents is 1. The van der Waals surface area contributed by atoms with Crippen LogP contribution in [0, 0.1) is 17.0 Å². The Balaban J connectivity index is 1.81. The van der Waals surface area contributed by atoms with Gasteiger partial charge in [-0.2, -0.15) is 18.3 Å². The Hall–Kier alpha value is -4.22. The van der Waals surface area contributed by atoms with Crippen LogP contribution in [0.5, 0.6) is 0 Å². The second kappa shape index (κ2) is 9.51. The number of nitro groups is 1. The first-order valence-electron chi connectivity index (χ1n) is 9.45. The molecular weight excluding hydrogens is 445 g/mol. The van der Waals surface area contributed by atoms with Crippen molar-refractivity contribution in [3.63, 3.8) is 0 Å². The largest absolute Gasteiger partial charge is 0.446 e. The van der Waals surface area contributed by atoms with Gasteiger partial charge in [0.2, 0.25) is 6.10 Å². The Morgan fingerprint density at radius 1 is 1.18 bits per heavy atom. The number of hydrogen-bond donors (Lipinski definition) is 1. The van der Waals surface area contributed by atoms with E-state index >= 15 is 0 Å². The van der Waals surface area contributed by atoms with Crippen molar-refractivity contribution in [2.45, 2.75) is 25.7 Å². The molecule has 1 N–H and O–H groups in total. The van der Waals surface area contributed by atoms with Gasteiger partial charge in [-0.05, 0) is 24.6 Å². The molecule has 0 bridgehead atoms. The van der Waals surface area contributed by atoms with E-state index in [0.717, 1.165) is 10.9 Å². The predicted molar refractivity (Wildman–Crippen MR) is 109 cm³/mol. The van der Waals surface area contributed by atoms with Crippen LogP contribution in [-0.4, -0.2) is 26.6 Å². The Labute approximate surface area is 184 Å². The minimum Gasteiger partial charge on any atom is -0.446 e. The average Bonchev–Trinajstić information content (AvgIpc) is 3.22. The fraction of sp³-hybridized carbons (Fsp3) is 0.190. The summed E-state index contributed by atoms with van der Waals surface area (Å²) in [5.41, 5.74) is -0.774. The maximum atomic E-state index is 12.9. The molecule has 0 spiro atoms. The molecule has 3 aromatic rings. The summed E-state index contributed by atoms with van der Waals surface area (Å²) < 4.78 is 44.1. The zero-order valence-electron chi connectivity index (χ0n) is 17.1. The summed E-state index contributed by atoms with van der Waals surface area (Å²) in [5.74, 6) is -1.91. The van der Waals surface area contributed by atoms with E-state index in [1.807, 2.05) is 0 Å². The summed E-state index contributed by atoms with van der Waals surface area (Å²) in [5, 5.41) is 17.0. The van der Waals surface area contributed by atoms with E-state index in [1.54, 1.807) is 31.2 Å². The van der Waals surface area contributed by atoms with Crippen LogP contribution in [0.1, 0.15) is 22.9 Å². The fourth-order valence-electron chi connectivity index (χ4n) is 2.90. The number of aryl methyl sites for hydroxylation is 1. The lowest BCUT2D eigenvalue weighted by atomic mass is 10.1. The van der Waals surface area contributed by atoms with Gasteiger partial charge in [-0.3, -0.25) is 24.4 Å². The monoisotopic (exact) mass is 462 g/mol. The normalized spacial score (nSPS) is 12.1. The first-order chi connectivity index (χ1) is 15.5. The Bertz CT molecular complexity index is 1180. The van der Waals surface area contributed by atoms with E-state index in [-0.39, 0.29) is 16.9 Å². The van der Waals surface area contributed by atoms with E-state index in [1.165, 1.54) is 24.3 Å². The average molecular weight is 462 g/mol. The molecule has 1 unspecified atom stereocenters. The number of alkyl halides is 3. The second-order valence-electron chi connectivity index (χ2n) is 6.94. The van der Waals surface area contributed by atoms with Gasteiger partial charge in [0.15, 0.2) is 5.69 Å². The summed E-state index contributed by atoms with van der Waals surface area (Å²) in [6, 6.07) is 12.7. The number of carbonyl (C=O) groups excluding carboxylic acids is 2. The van der Waals surface area contributed by atoms with Crippen molar-refractivity contribution in [1.29, 1.82) is 0 Å². The molecule has 1 heterocycles. The molecule has 0 radical (unpaired) electrons. The number of amides is 1. The van der Waals surface area contributed by atoms with Gasteiger partial charge >= 0.3 is 12.1 Å². The Kier molecular flexibility index (Phi) is 6.75. The minimum absolute atomic E-state index is 0.102. The van der Waals surface area contributed by atoms with Crippen molar-refractivity contribution in [3.8, 4) is 0 Å². The van der Waals surface area contributed by atoms with Gasteiger partial charge in [-0.15, -0.1) is 0 Å². The predicted octanol–water partition coefficient (Wildman–Crippen LogP) is 4.04. The van der Waals surface area contributed by atoms with Crippen LogP contribution < -0.4 is 5.32 Å². The maximum absolute atomic E-state index is 12.9. The molecule has 12 heteroatoms. The molecule has 33 heavy (non-hydrogen) atoms. The van der Waals surface area contributed by atoms with Crippen LogP contribution in [-0.2, 0) is 27.0 Å². The van der Waals surface area contributed by atoms with E-state index in [4.69, 9.17) is 4.74 Å². The molecule has 2 aromatic carbocycles.